The standard InChI is InChI=1S/C21H27NO2/c1-23-20-9-6-7-18(17-20)11-12-19-8-2-3-10-21(19)24-16-15-22-13-4-5-14-22/h2-3,6-10,17H,4-5,11-16H2,1H3. The Morgan fingerprint density at radius 3 is 2.62 bits per heavy atom. The van der Waals surface area contributed by atoms with Crippen LogP contribution in [0.2, 0.25) is 0 Å². The molecule has 1 aliphatic heterocycles. The van der Waals surface area contributed by atoms with Crippen molar-refractivity contribution >= 4 is 0 Å². The fourth-order valence-corrected chi connectivity index (χ4v) is 3.25. The number of hydrogen-bond acceptors (Lipinski definition) is 3. The zero-order chi connectivity index (χ0) is 16.6. The van der Waals surface area contributed by atoms with E-state index in [9.17, 15) is 0 Å². The topological polar surface area (TPSA) is 21.7 Å². The first-order valence-corrected chi connectivity index (χ1v) is 8.91. The van der Waals surface area contributed by atoms with Gasteiger partial charge in [-0.3, -0.25) is 4.90 Å². The van der Waals surface area contributed by atoms with Crippen LogP contribution in [0.25, 0.3) is 0 Å². The van der Waals surface area contributed by atoms with Gasteiger partial charge >= 0.3 is 0 Å². The molecule has 1 saturated heterocycles. The van der Waals surface area contributed by atoms with Crippen molar-refractivity contribution in [2.24, 2.45) is 0 Å². The molecule has 3 heteroatoms. The molecular formula is C21H27NO2. The second-order valence-corrected chi connectivity index (χ2v) is 6.36. The number of likely N-dealkylation sites (tertiary alicyclic amines) is 1. The minimum atomic E-state index is 0.774. The summed E-state index contributed by atoms with van der Waals surface area (Å²) in [6.07, 6.45) is 4.63. The molecule has 0 N–H and O–H groups in total. The van der Waals surface area contributed by atoms with E-state index in [1.165, 1.54) is 37.1 Å². The molecule has 128 valence electrons. The van der Waals surface area contributed by atoms with Gasteiger partial charge in [-0.15, -0.1) is 0 Å². The van der Waals surface area contributed by atoms with E-state index in [1.54, 1.807) is 7.11 Å². The first-order valence-electron chi connectivity index (χ1n) is 8.91. The maximum atomic E-state index is 6.07. The quantitative estimate of drug-likeness (QED) is 0.733. The van der Waals surface area contributed by atoms with Crippen LogP contribution < -0.4 is 9.47 Å². The summed E-state index contributed by atoms with van der Waals surface area (Å²) in [6.45, 7) is 4.25. The van der Waals surface area contributed by atoms with E-state index in [4.69, 9.17) is 9.47 Å². The highest BCUT2D eigenvalue weighted by Gasteiger charge is 2.11. The molecule has 2 aromatic carbocycles. The van der Waals surface area contributed by atoms with Crippen molar-refractivity contribution in [3.8, 4) is 11.5 Å². The third-order valence-electron chi connectivity index (χ3n) is 4.65. The van der Waals surface area contributed by atoms with E-state index >= 15 is 0 Å². The molecule has 0 bridgehead atoms. The number of benzene rings is 2. The van der Waals surface area contributed by atoms with Gasteiger partial charge in [-0.25, -0.2) is 0 Å². The number of hydrogen-bond donors (Lipinski definition) is 0. The van der Waals surface area contributed by atoms with Gasteiger partial charge in [-0.1, -0.05) is 30.3 Å². The van der Waals surface area contributed by atoms with Gasteiger partial charge in [0.2, 0.25) is 0 Å². The van der Waals surface area contributed by atoms with Crippen LogP contribution in [0.15, 0.2) is 48.5 Å². The third kappa shape index (κ3) is 4.75. The lowest BCUT2D eigenvalue weighted by atomic mass is 10.0. The SMILES string of the molecule is COc1cccc(CCc2ccccc2OCCN2CCCC2)c1. The largest absolute Gasteiger partial charge is 0.497 e. The Morgan fingerprint density at radius 2 is 1.79 bits per heavy atom. The molecule has 24 heavy (non-hydrogen) atoms. The minimum Gasteiger partial charge on any atom is -0.497 e. The normalized spacial score (nSPS) is 14.7. The number of nitrogens with zero attached hydrogens (tertiary/aromatic N) is 1. The molecule has 1 heterocycles. The number of para-hydroxylation sites is 1. The van der Waals surface area contributed by atoms with Crippen LogP contribution >= 0.6 is 0 Å². The van der Waals surface area contributed by atoms with Crippen LogP contribution in [0.3, 0.4) is 0 Å². The van der Waals surface area contributed by atoms with E-state index < -0.39 is 0 Å². The molecule has 0 radical (unpaired) electrons. The Morgan fingerprint density at radius 1 is 0.958 bits per heavy atom. The van der Waals surface area contributed by atoms with Crippen molar-refractivity contribution in [3.63, 3.8) is 0 Å². The molecule has 0 aliphatic carbocycles. The molecule has 3 rings (SSSR count). The lowest BCUT2D eigenvalue weighted by Gasteiger charge is -2.16. The Hall–Kier alpha value is -2.00. The van der Waals surface area contributed by atoms with Crippen LogP contribution in [0.5, 0.6) is 11.5 Å². The predicted octanol–water partition coefficient (Wildman–Crippen LogP) is 3.96. The third-order valence-corrected chi connectivity index (χ3v) is 4.65. The van der Waals surface area contributed by atoms with Crippen molar-refractivity contribution in [2.75, 3.05) is 33.4 Å². The summed E-state index contributed by atoms with van der Waals surface area (Å²) >= 11 is 0. The van der Waals surface area contributed by atoms with Gasteiger partial charge in [-0.05, 0) is 68.1 Å². The maximum Gasteiger partial charge on any atom is 0.122 e. The fourth-order valence-electron chi connectivity index (χ4n) is 3.25. The summed E-state index contributed by atoms with van der Waals surface area (Å²) in [5.41, 5.74) is 2.57. The molecule has 1 fully saturated rings. The van der Waals surface area contributed by atoms with Crippen LogP contribution in [-0.4, -0.2) is 38.3 Å². The van der Waals surface area contributed by atoms with Crippen molar-refractivity contribution in [2.45, 2.75) is 25.7 Å². The predicted molar refractivity (Wildman–Crippen MR) is 98.0 cm³/mol. The van der Waals surface area contributed by atoms with Gasteiger partial charge in [0.1, 0.15) is 18.1 Å². The Balaban J connectivity index is 1.54. The number of aryl methyl sites for hydroxylation is 2. The highest BCUT2D eigenvalue weighted by molar-refractivity contribution is 5.35. The molecule has 1 aliphatic rings. The summed E-state index contributed by atoms with van der Waals surface area (Å²) in [4.78, 5) is 2.48. The van der Waals surface area contributed by atoms with Crippen molar-refractivity contribution in [1.82, 2.24) is 4.90 Å². The van der Waals surface area contributed by atoms with Gasteiger partial charge in [0.25, 0.3) is 0 Å². The molecule has 0 amide bonds. The minimum absolute atomic E-state index is 0.774. The molecule has 0 saturated carbocycles. The zero-order valence-electron chi connectivity index (χ0n) is 14.5. The van der Waals surface area contributed by atoms with E-state index in [1.807, 2.05) is 12.1 Å². The van der Waals surface area contributed by atoms with Crippen LogP contribution in [-0.2, 0) is 12.8 Å². The Bertz CT molecular complexity index is 635. The van der Waals surface area contributed by atoms with Crippen LogP contribution in [0, 0.1) is 0 Å². The highest BCUT2D eigenvalue weighted by Crippen LogP contribution is 2.21. The lowest BCUT2D eigenvalue weighted by Crippen LogP contribution is -2.25. The average molecular weight is 325 g/mol. The molecule has 0 aromatic heterocycles. The second-order valence-electron chi connectivity index (χ2n) is 6.36. The lowest BCUT2D eigenvalue weighted by molar-refractivity contribution is 0.236. The van der Waals surface area contributed by atoms with E-state index in [0.29, 0.717) is 0 Å². The molecule has 2 aromatic rings. The second kappa shape index (κ2) is 8.74. The van der Waals surface area contributed by atoms with Gasteiger partial charge < -0.3 is 9.47 Å². The average Bonchev–Trinajstić information content (AvgIpc) is 3.14. The summed E-state index contributed by atoms with van der Waals surface area (Å²) < 4.78 is 11.4. The smallest absolute Gasteiger partial charge is 0.122 e. The van der Waals surface area contributed by atoms with E-state index in [2.05, 4.69) is 41.3 Å². The van der Waals surface area contributed by atoms with Crippen molar-refractivity contribution in [3.05, 3.63) is 59.7 Å². The van der Waals surface area contributed by atoms with Crippen molar-refractivity contribution < 1.29 is 9.47 Å². The summed E-state index contributed by atoms with van der Waals surface area (Å²) in [6, 6.07) is 16.7. The van der Waals surface area contributed by atoms with E-state index in [0.717, 1.165) is 37.5 Å². The highest BCUT2D eigenvalue weighted by atomic mass is 16.5. The number of ether oxygens (including phenoxy) is 2. The first-order chi connectivity index (χ1) is 11.8. The van der Waals surface area contributed by atoms with Crippen molar-refractivity contribution in [1.29, 1.82) is 0 Å². The monoisotopic (exact) mass is 325 g/mol. The number of methoxy groups -OCH3 is 1. The van der Waals surface area contributed by atoms with Crippen LogP contribution in [0.4, 0.5) is 0 Å². The van der Waals surface area contributed by atoms with Crippen LogP contribution in [0.1, 0.15) is 24.0 Å². The molecule has 0 atom stereocenters. The fraction of sp³-hybridized carbons (Fsp3) is 0.429. The Kier molecular flexibility index (Phi) is 6.13. The van der Waals surface area contributed by atoms with Gasteiger partial charge in [0.05, 0.1) is 7.11 Å². The zero-order valence-corrected chi connectivity index (χ0v) is 14.5. The molecule has 0 spiro atoms. The first kappa shape index (κ1) is 16.8. The molecule has 0 unspecified atom stereocenters. The summed E-state index contributed by atoms with van der Waals surface area (Å²) in [7, 11) is 1.71. The van der Waals surface area contributed by atoms with Gasteiger partial charge in [-0.2, -0.15) is 0 Å². The number of rotatable bonds is 8. The van der Waals surface area contributed by atoms with Gasteiger partial charge in [0.15, 0.2) is 0 Å². The van der Waals surface area contributed by atoms with E-state index in [-0.39, 0.29) is 0 Å². The summed E-state index contributed by atoms with van der Waals surface area (Å²) in [5.74, 6) is 1.95. The maximum absolute atomic E-state index is 6.07. The molecule has 3 nitrogen and oxygen atoms in total. The molecular weight excluding hydrogens is 298 g/mol. The Labute approximate surface area is 145 Å². The summed E-state index contributed by atoms with van der Waals surface area (Å²) in [5, 5.41) is 0. The van der Waals surface area contributed by atoms with Gasteiger partial charge in [0, 0.05) is 6.54 Å².